The van der Waals surface area contributed by atoms with E-state index in [4.69, 9.17) is 0 Å². The van der Waals surface area contributed by atoms with Gasteiger partial charge in [0.15, 0.2) is 11.2 Å². The number of aromatic nitrogens is 4. The fourth-order valence-electron chi connectivity index (χ4n) is 2.15. The number of aromatic amines is 1. The Morgan fingerprint density at radius 2 is 2.00 bits per heavy atom. The van der Waals surface area contributed by atoms with Crippen LogP contribution in [0.5, 0.6) is 0 Å². The number of nitrogens with zero attached hydrogens (tertiary/aromatic N) is 3. The molecule has 0 aliphatic rings. The Hall–Kier alpha value is -1.85. The van der Waals surface area contributed by atoms with Crippen LogP contribution in [0.3, 0.4) is 0 Å². The summed E-state index contributed by atoms with van der Waals surface area (Å²) in [6.45, 7) is 4.76. The van der Waals surface area contributed by atoms with Gasteiger partial charge in [0.05, 0.1) is 0 Å². The van der Waals surface area contributed by atoms with E-state index < -0.39 is 5.69 Å². The molecular formula is C12H18N4O2. The smallest absolute Gasteiger partial charge is 0.322 e. The molecule has 0 saturated heterocycles. The lowest BCUT2D eigenvalue weighted by Crippen LogP contribution is -2.29. The van der Waals surface area contributed by atoms with Crippen molar-refractivity contribution >= 4 is 11.2 Å². The average molecular weight is 250 g/mol. The second kappa shape index (κ2) is 4.80. The van der Waals surface area contributed by atoms with Crippen molar-refractivity contribution in [2.45, 2.75) is 39.7 Å². The maximum Gasteiger partial charge on any atom is 0.329 e. The molecule has 0 radical (unpaired) electrons. The summed E-state index contributed by atoms with van der Waals surface area (Å²) >= 11 is 0. The zero-order valence-electron chi connectivity index (χ0n) is 11.0. The summed E-state index contributed by atoms with van der Waals surface area (Å²) in [7, 11) is 1.62. The van der Waals surface area contributed by atoms with Gasteiger partial charge < -0.3 is 4.57 Å². The molecular weight excluding hydrogens is 232 g/mol. The molecule has 0 unspecified atom stereocenters. The fraction of sp³-hybridized carbons (Fsp3) is 0.583. The molecule has 1 N–H and O–H groups in total. The molecule has 0 aliphatic heterocycles. The Balaban J connectivity index is 2.76. The minimum Gasteiger partial charge on any atom is -0.322 e. The first-order valence-electron chi connectivity index (χ1n) is 6.28. The Labute approximate surface area is 104 Å². The molecule has 6 heteroatoms. The van der Waals surface area contributed by atoms with E-state index in [2.05, 4.69) is 16.9 Å². The second-order valence-electron chi connectivity index (χ2n) is 4.37. The summed E-state index contributed by atoms with van der Waals surface area (Å²) in [6.07, 6.45) is 2.92. The lowest BCUT2D eigenvalue weighted by molar-refractivity contribution is 0.674. The van der Waals surface area contributed by atoms with E-state index >= 15 is 0 Å². The molecule has 6 nitrogen and oxygen atoms in total. The van der Waals surface area contributed by atoms with Crippen molar-refractivity contribution in [3.05, 3.63) is 26.7 Å². The number of imidazole rings is 1. The summed E-state index contributed by atoms with van der Waals surface area (Å²) < 4.78 is 3.28. The number of aryl methyl sites for hydroxylation is 3. The van der Waals surface area contributed by atoms with Crippen LogP contribution in [0.4, 0.5) is 0 Å². The lowest BCUT2D eigenvalue weighted by atomic mass is 10.2. The van der Waals surface area contributed by atoms with Gasteiger partial charge in [-0.15, -0.1) is 0 Å². The third-order valence-corrected chi connectivity index (χ3v) is 3.16. The highest BCUT2D eigenvalue weighted by atomic mass is 16.2. The number of unbranched alkanes of at least 4 members (excludes halogenated alkanes) is 1. The van der Waals surface area contributed by atoms with Crippen LogP contribution in [0.15, 0.2) is 9.59 Å². The van der Waals surface area contributed by atoms with E-state index in [-0.39, 0.29) is 5.56 Å². The summed E-state index contributed by atoms with van der Waals surface area (Å²) in [5.74, 6) is 0.876. The molecule has 0 spiro atoms. The van der Waals surface area contributed by atoms with Crippen LogP contribution in [0.2, 0.25) is 0 Å². The molecule has 0 bridgehead atoms. The first-order valence-corrected chi connectivity index (χ1v) is 6.28. The molecule has 0 saturated carbocycles. The van der Waals surface area contributed by atoms with E-state index in [0.717, 1.165) is 25.1 Å². The van der Waals surface area contributed by atoms with Crippen LogP contribution in [-0.2, 0) is 20.0 Å². The van der Waals surface area contributed by atoms with Crippen molar-refractivity contribution in [2.75, 3.05) is 0 Å². The number of hydrogen-bond donors (Lipinski definition) is 1. The fourth-order valence-corrected chi connectivity index (χ4v) is 2.15. The summed E-state index contributed by atoms with van der Waals surface area (Å²) in [5.41, 5.74) is 0.183. The van der Waals surface area contributed by atoms with Crippen LogP contribution < -0.4 is 11.2 Å². The Morgan fingerprint density at radius 3 is 2.61 bits per heavy atom. The molecule has 98 valence electrons. The van der Waals surface area contributed by atoms with Crippen LogP contribution in [0.25, 0.3) is 11.2 Å². The molecule has 18 heavy (non-hydrogen) atoms. The summed E-state index contributed by atoms with van der Waals surface area (Å²) in [5, 5.41) is 0. The predicted octanol–water partition coefficient (Wildman–Crippen LogP) is 0.786. The standard InChI is InChI=1S/C12H18N4O2/c1-4-6-7-8-13-10-9(16(8)5-2)11(17)14-12(18)15(10)3/h4-7H2,1-3H3,(H,14,17,18). The maximum absolute atomic E-state index is 11.9. The minimum atomic E-state index is -0.421. The van der Waals surface area contributed by atoms with Crippen LogP contribution in [0, 0.1) is 0 Å². The molecule has 2 heterocycles. The highest BCUT2D eigenvalue weighted by molar-refractivity contribution is 5.70. The largest absolute Gasteiger partial charge is 0.329 e. The maximum atomic E-state index is 11.9. The highest BCUT2D eigenvalue weighted by Crippen LogP contribution is 2.12. The minimum absolute atomic E-state index is 0.356. The number of nitrogens with one attached hydrogen (secondary N) is 1. The van der Waals surface area contributed by atoms with Crippen LogP contribution >= 0.6 is 0 Å². The van der Waals surface area contributed by atoms with Gasteiger partial charge in [0.2, 0.25) is 0 Å². The third kappa shape index (κ3) is 1.87. The van der Waals surface area contributed by atoms with Gasteiger partial charge in [-0.25, -0.2) is 9.78 Å². The van der Waals surface area contributed by atoms with E-state index in [1.54, 1.807) is 7.05 Å². The van der Waals surface area contributed by atoms with Gasteiger partial charge in [-0.1, -0.05) is 13.3 Å². The van der Waals surface area contributed by atoms with Crippen LogP contribution in [0.1, 0.15) is 32.5 Å². The first kappa shape index (κ1) is 12.6. The average Bonchev–Trinajstić information content (AvgIpc) is 2.72. The summed E-state index contributed by atoms with van der Waals surface area (Å²) in [4.78, 5) is 30.2. The molecule has 2 aromatic heterocycles. The zero-order valence-corrected chi connectivity index (χ0v) is 11.0. The van der Waals surface area contributed by atoms with Gasteiger partial charge in [-0.3, -0.25) is 14.3 Å². The van der Waals surface area contributed by atoms with E-state index in [9.17, 15) is 9.59 Å². The molecule has 0 aromatic carbocycles. The molecule has 0 atom stereocenters. The summed E-state index contributed by atoms with van der Waals surface area (Å²) in [6, 6.07) is 0. The van der Waals surface area contributed by atoms with Crippen molar-refractivity contribution in [1.29, 1.82) is 0 Å². The third-order valence-electron chi connectivity index (χ3n) is 3.16. The van der Waals surface area contributed by atoms with Crippen molar-refractivity contribution < 1.29 is 0 Å². The van der Waals surface area contributed by atoms with Crippen molar-refractivity contribution in [2.24, 2.45) is 7.05 Å². The van der Waals surface area contributed by atoms with Gasteiger partial charge >= 0.3 is 5.69 Å². The number of rotatable bonds is 4. The highest BCUT2D eigenvalue weighted by Gasteiger charge is 2.15. The van der Waals surface area contributed by atoms with Crippen molar-refractivity contribution in [3.63, 3.8) is 0 Å². The monoisotopic (exact) mass is 250 g/mol. The normalized spacial score (nSPS) is 11.3. The number of H-pyrrole nitrogens is 1. The molecule has 2 rings (SSSR count). The number of hydrogen-bond acceptors (Lipinski definition) is 3. The van der Waals surface area contributed by atoms with Gasteiger partial charge in [0.25, 0.3) is 5.56 Å². The number of fused-ring (bicyclic) bond motifs is 1. The first-order chi connectivity index (χ1) is 8.60. The van der Waals surface area contributed by atoms with Gasteiger partial charge in [-0.2, -0.15) is 0 Å². The van der Waals surface area contributed by atoms with Crippen molar-refractivity contribution in [3.8, 4) is 0 Å². The quantitative estimate of drug-likeness (QED) is 0.871. The van der Waals surface area contributed by atoms with E-state index in [0.29, 0.717) is 17.7 Å². The SMILES string of the molecule is CCCCc1nc2c(c(=O)[nH]c(=O)n2C)n1CC. The second-order valence-corrected chi connectivity index (χ2v) is 4.37. The molecule has 2 aromatic rings. The Morgan fingerprint density at radius 1 is 1.28 bits per heavy atom. The zero-order chi connectivity index (χ0) is 13.3. The van der Waals surface area contributed by atoms with Gasteiger partial charge in [0.1, 0.15) is 5.82 Å². The molecule has 0 aliphatic carbocycles. The van der Waals surface area contributed by atoms with Gasteiger partial charge in [-0.05, 0) is 13.3 Å². The molecule has 0 fully saturated rings. The Kier molecular flexibility index (Phi) is 3.36. The molecule has 0 amide bonds. The lowest BCUT2D eigenvalue weighted by Gasteiger charge is -2.04. The van der Waals surface area contributed by atoms with Gasteiger partial charge in [0, 0.05) is 20.0 Å². The Bertz CT molecular complexity index is 678. The van der Waals surface area contributed by atoms with Crippen LogP contribution in [-0.4, -0.2) is 19.1 Å². The van der Waals surface area contributed by atoms with E-state index in [1.807, 2.05) is 11.5 Å². The van der Waals surface area contributed by atoms with E-state index in [1.165, 1.54) is 4.57 Å². The van der Waals surface area contributed by atoms with Crippen molar-refractivity contribution in [1.82, 2.24) is 19.1 Å². The predicted molar refractivity (Wildman–Crippen MR) is 69.9 cm³/mol. The topological polar surface area (TPSA) is 72.7 Å².